The number of amides is 1. The maximum Gasteiger partial charge on any atom is 0.328 e. The van der Waals surface area contributed by atoms with Crippen molar-refractivity contribution in [3.8, 4) is 0 Å². The third-order valence-electron chi connectivity index (χ3n) is 3.49. The molecule has 2 rings (SSSR count). The molecule has 0 aromatic heterocycles. The van der Waals surface area contributed by atoms with E-state index in [1.54, 1.807) is 0 Å². The van der Waals surface area contributed by atoms with Crippen LogP contribution >= 0.6 is 0 Å². The average Bonchev–Trinajstić information content (AvgIpc) is 2.41. The second-order valence-corrected chi connectivity index (χ2v) is 7.01. The summed E-state index contributed by atoms with van der Waals surface area (Å²) in [6, 6.07) is -1.50. The molecular weight excluding hydrogens is 264 g/mol. The summed E-state index contributed by atoms with van der Waals surface area (Å²) in [5, 5.41) is 11.2. The molecule has 0 aromatic rings. The molecule has 0 saturated carbocycles. The Hall–Kier alpha value is -1.80. The highest BCUT2D eigenvalue weighted by atomic mass is 32.2. The van der Waals surface area contributed by atoms with Crippen LogP contribution in [0.25, 0.3) is 10.4 Å². The lowest BCUT2D eigenvalue weighted by molar-refractivity contribution is -0.157. The number of rotatable bonds is 3. The lowest BCUT2D eigenvalue weighted by Crippen LogP contribution is -2.57. The molecule has 2 aliphatic heterocycles. The molecule has 9 nitrogen and oxygen atoms in total. The van der Waals surface area contributed by atoms with E-state index in [9.17, 15) is 18.0 Å². The van der Waals surface area contributed by atoms with E-state index in [1.807, 2.05) is 0 Å². The van der Waals surface area contributed by atoms with E-state index in [2.05, 4.69) is 10.0 Å². The molecule has 0 aliphatic carbocycles. The van der Waals surface area contributed by atoms with Gasteiger partial charge in [-0.1, -0.05) is 5.11 Å². The van der Waals surface area contributed by atoms with Gasteiger partial charge in [0.15, 0.2) is 9.84 Å². The standard InChI is InChI=1S/C8H10N4O5S/c1-8(3-10-11-9)6(7(14)15)12-4(13)2-5(12)18(8,16)17/h5-6H,2-3H2,1H3,(H,14,15)/t5?,6-,8-/m0/s1. The number of β-lactam (4-membered cyclic amide) rings is 1. The first-order valence-electron chi connectivity index (χ1n) is 5.05. The van der Waals surface area contributed by atoms with Gasteiger partial charge in [0, 0.05) is 11.5 Å². The van der Waals surface area contributed by atoms with E-state index >= 15 is 0 Å². The van der Waals surface area contributed by atoms with Crippen LogP contribution in [0.15, 0.2) is 5.11 Å². The topological polar surface area (TPSA) is 141 Å². The predicted octanol–water partition coefficient (Wildman–Crippen LogP) is -0.505. The first kappa shape index (κ1) is 12.7. The lowest BCUT2D eigenvalue weighted by Gasteiger charge is -2.35. The molecule has 1 N–H and O–H groups in total. The molecule has 2 fully saturated rings. The number of nitrogens with zero attached hydrogens (tertiary/aromatic N) is 4. The van der Waals surface area contributed by atoms with E-state index in [-0.39, 0.29) is 6.42 Å². The van der Waals surface area contributed by atoms with Crippen molar-refractivity contribution >= 4 is 21.7 Å². The minimum absolute atomic E-state index is 0.210. The third-order valence-corrected chi connectivity index (χ3v) is 6.26. The smallest absolute Gasteiger partial charge is 0.328 e. The zero-order valence-corrected chi connectivity index (χ0v) is 10.2. The molecule has 0 aromatic carbocycles. The predicted molar refractivity (Wildman–Crippen MR) is 58.0 cm³/mol. The number of hydrogen-bond donors (Lipinski definition) is 1. The van der Waals surface area contributed by atoms with Crippen LogP contribution in [-0.4, -0.2) is 53.0 Å². The summed E-state index contributed by atoms with van der Waals surface area (Å²) in [6.45, 7) is 0.685. The van der Waals surface area contributed by atoms with Gasteiger partial charge in [-0.2, -0.15) is 0 Å². The van der Waals surface area contributed by atoms with E-state index in [1.165, 1.54) is 6.92 Å². The van der Waals surface area contributed by atoms with Gasteiger partial charge in [-0.25, -0.2) is 13.2 Å². The summed E-state index contributed by atoms with van der Waals surface area (Å²) >= 11 is 0. The van der Waals surface area contributed by atoms with Gasteiger partial charge in [0.25, 0.3) is 0 Å². The lowest BCUT2D eigenvalue weighted by atomic mass is 9.97. The van der Waals surface area contributed by atoms with Crippen LogP contribution in [0.3, 0.4) is 0 Å². The van der Waals surface area contributed by atoms with Gasteiger partial charge in [-0.15, -0.1) is 0 Å². The molecule has 1 amide bonds. The van der Waals surface area contributed by atoms with Gasteiger partial charge >= 0.3 is 5.97 Å². The molecule has 0 spiro atoms. The Morgan fingerprint density at radius 1 is 1.72 bits per heavy atom. The molecule has 0 bridgehead atoms. The van der Waals surface area contributed by atoms with E-state index in [0.717, 1.165) is 4.90 Å². The number of carbonyl (C=O) groups excluding carboxylic acids is 1. The Labute approximate surface area is 102 Å². The molecule has 18 heavy (non-hydrogen) atoms. The third kappa shape index (κ3) is 1.27. The van der Waals surface area contributed by atoms with Gasteiger partial charge in [-0.3, -0.25) is 4.79 Å². The Balaban J connectivity index is 2.56. The van der Waals surface area contributed by atoms with Crippen LogP contribution in [0.2, 0.25) is 0 Å². The fourth-order valence-electron chi connectivity index (χ4n) is 2.46. The second kappa shape index (κ2) is 3.59. The largest absolute Gasteiger partial charge is 0.480 e. The average molecular weight is 274 g/mol. The highest BCUT2D eigenvalue weighted by Gasteiger charge is 2.69. The van der Waals surface area contributed by atoms with Crippen molar-refractivity contribution in [1.29, 1.82) is 0 Å². The highest BCUT2D eigenvalue weighted by Crippen LogP contribution is 2.46. The summed E-state index contributed by atoms with van der Waals surface area (Å²) in [6.07, 6.45) is -0.210. The highest BCUT2D eigenvalue weighted by molar-refractivity contribution is 7.94. The first-order valence-corrected chi connectivity index (χ1v) is 6.60. The summed E-state index contributed by atoms with van der Waals surface area (Å²) in [7, 11) is -3.87. The van der Waals surface area contributed by atoms with Gasteiger partial charge < -0.3 is 10.0 Å². The van der Waals surface area contributed by atoms with Gasteiger partial charge in [0.2, 0.25) is 5.91 Å². The molecule has 2 saturated heterocycles. The van der Waals surface area contributed by atoms with Crippen molar-refractivity contribution in [2.75, 3.05) is 6.54 Å². The van der Waals surface area contributed by atoms with E-state index in [0.29, 0.717) is 0 Å². The van der Waals surface area contributed by atoms with Crippen molar-refractivity contribution in [3.05, 3.63) is 10.4 Å². The van der Waals surface area contributed by atoms with Gasteiger partial charge in [-0.05, 0) is 12.5 Å². The number of carboxylic acids is 1. The van der Waals surface area contributed by atoms with Crippen molar-refractivity contribution in [3.63, 3.8) is 0 Å². The monoisotopic (exact) mass is 274 g/mol. The van der Waals surface area contributed by atoms with Crippen LogP contribution in [0.1, 0.15) is 13.3 Å². The number of hydrogen-bond acceptors (Lipinski definition) is 5. The number of aliphatic carboxylic acids is 1. The molecule has 10 heteroatoms. The number of carboxylic acid groups (broad SMARTS) is 1. The Kier molecular flexibility index (Phi) is 2.53. The minimum atomic E-state index is -3.87. The van der Waals surface area contributed by atoms with Crippen LogP contribution in [-0.2, 0) is 19.4 Å². The fraction of sp³-hybridized carbons (Fsp3) is 0.750. The number of fused-ring (bicyclic) bond motifs is 1. The zero-order chi connectivity index (χ0) is 13.7. The quantitative estimate of drug-likeness (QED) is 0.319. The van der Waals surface area contributed by atoms with Crippen molar-refractivity contribution in [2.24, 2.45) is 5.11 Å². The Morgan fingerprint density at radius 2 is 2.33 bits per heavy atom. The molecule has 98 valence electrons. The van der Waals surface area contributed by atoms with Crippen LogP contribution < -0.4 is 0 Å². The second-order valence-electron chi connectivity index (χ2n) is 4.45. The summed E-state index contributed by atoms with van der Waals surface area (Å²) < 4.78 is 22.6. The molecule has 3 atom stereocenters. The maximum atomic E-state index is 12.2. The van der Waals surface area contributed by atoms with Crippen LogP contribution in [0.5, 0.6) is 0 Å². The SMILES string of the molecule is C[C@]1(CN=[N+]=[N-])[C@H](C(=O)O)N2C(=O)CC2S1(=O)=O. The molecule has 2 heterocycles. The number of azide groups is 1. The van der Waals surface area contributed by atoms with E-state index in [4.69, 9.17) is 10.6 Å². The number of carbonyl (C=O) groups is 2. The number of sulfone groups is 1. The molecule has 0 radical (unpaired) electrons. The van der Waals surface area contributed by atoms with Crippen molar-refractivity contribution < 1.29 is 23.1 Å². The summed E-state index contributed by atoms with van der Waals surface area (Å²) in [5.74, 6) is -1.93. The van der Waals surface area contributed by atoms with Crippen molar-refractivity contribution in [1.82, 2.24) is 4.90 Å². The summed E-state index contributed by atoms with van der Waals surface area (Å²) in [5.41, 5.74) is 8.27. The fourth-order valence-corrected chi connectivity index (χ4v) is 4.75. The molecular formula is C8H10N4O5S. The Morgan fingerprint density at radius 3 is 2.78 bits per heavy atom. The van der Waals surface area contributed by atoms with Crippen LogP contribution in [0.4, 0.5) is 0 Å². The maximum absolute atomic E-state index is 12.2. The van der Waals surface area contributed by atoms with Gasteiger partial charge in [0.1, 0.15) is 16.2 Å². The summed E-state index contributed by atoms with van der Waals surface area (Å²) in [4.78, 5) is 25.9. The Bertz CT molecular complexity index is 580. The first-order chi connectivity index (χ1) is 8.27. The van der Waals surface area contributed by atoms with Crippen molar-refractivity contribution in [2.45, 2.75) is 29.5 Å². The van der Waals surface area contributed by atoms with E-state index < -0.39 is 44.4 Å². The van der Waals surface area contributed by atoms with Gasteiger partial charge in [0.05, 0.1) is 6.42 Å². The van der Waals surface area contributed by atoms with Crippen LogP contribution in [0, 0.1) is 0 Å². The normalized spacial score (nSPS) is 36.5. The minimum Gasteiger partial charge on any atom is -0.480 e. The molecule has 1 unspecified atom stereocenters. The molecule has 2 aliphatic rings. The zero-order valence-electron chi connectivity index (χ0n) is 9.35.